The summed E-state index contributed by atoms with van der Waals surface area (Å²) in [4.78, 5) is 0. The average Bonchev–Trinajstić information content (AvgIpc) is 2.88. The first kappa shape index (κ1) is 16.0. The van der Waals surface area contributed by atoms with Gasteiger partial charge in [0.15, 0.2) is 0 Å². The van der Waals surface area contributed by atoms with Gasteiger partial charge in [0.1, 0.15) is 23.9 Å². The summed E-state index contributed by atoms with van der Waals surface area (Å²) in [5, 5.41) is 3.35. The molecule has 1 aromatic heterocycles. The SMILES string of the molecule is CC(C)CNCc1coc(COc2ccc(F)c(Br)c2)c1. The van der Waals surface area contributed by atoms with Crippen LogP contribution >= 0.6 is 15.9 Å². The van der Waals surface area contributed by atoms with E-state index in [1.54, 1.807) is 18.4 Å². The van der Waals surface area contributed by atoms with Crippen LogP contribution in [0.3, 0.4) is 0 Å². The second-order valence-corrected chi connectivity index (χ2v) is 6.16. The van der Waals surface area contributed by atoms with Crippen LogP contribution in [0.15, 0.2) is 39.4 Å². The van der Waals surface area contributed by atoms with Gasteiger partial charge in [-0.25, -0.2) is 4.39 Å². The van der Waals surface area contributed by atoms with E-state index in [1.807, 2.05) is 6.07 Å². The molecule has 0 amide bonds. The molecule has 0 radical (unpaired) electrons. The zero-order chi connectivity index (χ0) is 15.2. The van der Waals surface area contributed by atoms with E-state index in [4.69, 9.17) is 9.15 Å². The summed E-state index contributed by atoms with van der Waals surface area (Å²) >= 11 is 3.13. The number of nitrogens with one attached hydrogen (secondary N) is 1. The molecular formula is C16H19BrFNO2. The minimum Gasteiger partial charge on any atom is -0.486 e. The van der Waals surface area contributed by atoms with E-state index in [0.717, 1.165) is 24.4 Å². The Morgan fingerprint density at radius 3 is 2.86 bits per heavy atom. The summed E-state index contributed by atoms with van der Waals surface area (Å²) in [6.45, 7) is 6.41. The second-order valence-electron chi connectivity index (χ2n) is 5.31. The third kappa shape index (κ3) is 5.17. The van der Waals surface area contributed by atoms with Crippen LogP contribution in [0.2, 0.25) is 0 Å². The van der Waals surface area contributed by atoms with E-state index >= 15 is 0 Å². The fraction of sp³-hybridized carbons (Fsp3) is 0.375. The van der Waals surface area contributed by atoms with Crippen LogP contribution in [-0.2, 0) is 13.2 Å². The van der Waals surface area contributed by atoms with Gasteiger partial charge in [-0.15, -0.1) is 0 Å². The minimum absolute atomic E-state index is 0.307. The van der Waals surface area contributed by atoms with Crippen molar-refractivity contribution in [2.24, 2.45) is 5.92 Å². The minimum atomic E-state index is -0.307. The van der Waals surface area contributed by atoms with Gasteiger partial charge in [-0.05, 0) is 52.7 Å². The number of hydrogen-bond donors (Lipinski definition) is 1. The first-order valence-corrected chi connectivity index (χ1v) is 7.68. The molecule has 0 saturated carbocycles. The van der Waals surface area contributed by atoms with Crippen molar-refractivity contribution in [3.63, 3.8) is 0 Å². The molecular weight excluding hydrogens is 337 g/mol. The van der Waals surface area contributed by atoms with Crippen molar-refractivity contribution in [1.29, 1.82) is 0 Å². The maximum Gasteiger partial charge on any atom is 0.146 e. The zero-order valence-corrected chi connectivity index (χ0v) is 13.7. The van der Waals surface area contributed by atoms with E-state index in [1.165, 1.54) is 6.07 Å². The highest BCUT2D eigenvalue weighted by Crippen LogP contribution is 2.22. The highest BCUT2D eigenvalue weighted by molar-refractivity contribution is 9.10. The summed E-state index contributed by atoms with van der Waals surface area (Å²) in [5.41, 5.74) is 1.09. The van der Waals surface area contributed by atoms with Gasteiger partial charge in [0.2, 0.25) is 0 Å². The van der Waals surface area contributed by atoms with Gasteiger partial charge in [0.05, 0.1) is 10.7 Å². The fourth-order valence-electron chi connectivity index (χ4n) is 1.82. The van der Waals surface area contributed by atoms with Gasteiger partial charge >= 0.3 is 0 Å². The Labute approximate surface area is 132 Å². The summed E-state index contributed by atoms with van der Waals surface area (Å²) in [7, 11) is 0. The third-order valence-corrected chi connectivity index (χ3v) is 3.47. The van der Waals surface area contributed by atoms with Crippen molar-refractivity contribution < 1.29 is 13.5 Å². The van der Waals surface area contributed by atoms with Gasteiger partial charge in [-0.2, -0.15) is 0 Å². The van der Waals surface area contributed by atoms with E-state index in [-0.39, 0.29) is 5.82 Å². The molecule has 3 nitrogen and oxygen atoms in total. The first-order chi connectivity index (χ1) is 10.0. The van der Waals surface area contributed by atoms with Crippen molar-refractivity contribution in [1.82, 2.24) is 5.32 Å². The van der Waals surface area contributed by atoms with Crippen LogP contribution < -0.4 is 10.1 Å². The van der Waals surface area contributed by atoms with Gasteiger partial charge in [-0.3, -0.25) is 0 Å². The number of benzene rings is 1. The molecule has 0 aliphatic rings. The normalized spacial score (nSPS) is 11.1. The lowest BCUT2D eigenvalue weighted by molar-refractivity contribution is 0.270. The standard InChI is InChI=1S/C16H19BrFNO2/c1-11(2)7-19-8-12-5-14(20-9-12)10-21-13-3-4-16(18)15(17)6-13/h3-6,9,11,19H,7-8,10H2,1-2H3. The molecule has 0 atom stereocenters. The summed E-state index contributed by atoms with van der Waals surface area (Å²) in [6, 6.07) is 6.52. The Balaban J connectivity index is 1.83. The lowest BCUT2D eigenvalue weighted by Crippen LogP contribution is -2.18. The Kier molecular flexibility index (Phi) is 5.82. The highest BCUT2D eigenvalue weighted by atomic mass is 79.9. The van der Waals surface area contributed by atoms with E-state index in [0.29, 0.717) is 22.7 Å². The van der Waals surface area contributed by atoms with Gasteiger partial charge in [-0.1, -0.05) is 13.8 Å². The van der Waals surface area contributed by atoms with E-state index in [9.17, 15) is 4.39 Å². The number of ether oxygens (including phenoxy) is 1. The molecule has 0 aliphatic heterocycles. The predicted octanol–water partition coefficient (Wildman–Crippen LogP) is 4.51. The molecule has 21 heavy (non-hydrogen) atoms. The summed E-state index contributed by atoms with van der Waals surface area (Å²) in [5.74, 6) is 1.66. The topological polar surface area (TPSA) is 34.4 Å². The molecule has 1 N–H and O–H groups in total. The molecule has 0 bridgehead atoms. The van der Waals surface area contributed by atoms with Crippen LogP contribution in [0.1, 0.15) is 25.2 Å². The van der Waals surface area contributed by atoms with Crippen LogP contribution in [0.5, 0.6) is 5.75 Å². The molecule has 0 fully saturated rings. The predicted molar refractivity (Wildman–Crippen MR) is 83.7 cm³/mol. The van der Waals surface area contributed by atoms with Crippen molar-refractivity contribution in [3.8, 4) is 5.75 Å². The molecule has 1 aromatic carbocycles. The number of halogens is 2. The molecule has 0 spiro atoms. The lowest BCUT2D eigenvalue weighted by Gasteiger charge is -2.05. The quantitative estimate of drug-likeness (QED) is 0.793. The van der Waals surface area contributed by atoms with Crippen LogP contribution in [-0.4, -0.2) is 6.54 Å². The molecule has 1 heterocycles. The molecule has 2 rings (SSSR count). The fourth-order valence-corrected chi connectivity index (χ4v) is 2.18. The molecule has 2 aromatic rings. The Bertz CT molecular complexity index is 583. The van der Waals surface area contributed by atoms with Gasteiger partial charge in [0, 0.05) is 12.1 Å². The summed E-state index contributed by atoms with van der Waals surface area (Å²) < 4.78 is 24.5. The van der Waals surface area contributed by atoms with Crippen LogP contribution in [0.4, 0.5) is 4.39 Å². The molecule has 5 heteroatoms. The highest BCUT2D eigenvalue weighted by Gasteiger charge is 2.05. The van der Waals surface area contributed by atoms with Crippen molar-refractivity contribution in [2.75, 3.05) is 6.54 Å². The largest absolute Gasteiger partial charge is 0.486 e. The van der Waals surface area contributed by atoms with Crippen molar-refractivity contribution in [2.45, 2.75) is 27.0 Å². The molecule has 0 saturated heterocycles. The third-order valence-electron chi connectivity index (χ3n) is 2.86. The Morgan fingerprint density at radius 1 is 1.33 bits per heavy atom. The maximum absolute atomic E-state index is 13.1. The monoisotopic (exact) mass is 355 g/mol. The van der Waals surface area contributed by atoms with Crippen molar-refractivity contribution >= 4 is 15.9 Å². The maximum atomic E-state index is 13.1. The number of furan rings is 1. The van der Waals surface area contributed by atoms with Crippen LogP contribution in [0.25, 0.3) is 0 Å². The molecule has 0 aliphatic carbocycles. The van der Waals surface area contributed by atoms with Gasteiger partial charge < -0.3 is 14.5 Å². The van der Waals surface area contributed by atoms with E-state index < -0.39 is 0 Å². The van der Waals surface area contributed by atoms with Gasteiger partial charge in [0.25, 0.3) is 0 Å². The Hall–Kier alpha value is -1.33. The number of hydrogen-bond acceptors (Lipinski definition) is 3. The van der Waals surface area contributed by atoms with Crippen LogP contribution in [0, 0.1) is 11.7 Å². The zero-order valence-electron chi connectivity index (χ0n) is 12.2. The molecule has 114 valence electrons. The molecule has 0 unspecified atom stereocenters. The summed E-state index contributed by atoms with van der Waals surface area (Å²) in [6.07, 6.45) is 1.73. The van der Waals surface area contributed by atoms with E-state index in [2.05, 4.69) is 35.1 Å². The first-order valence-electron chi connectivity index (χ1n) is 6.89. The smallest absolute Gasteiger partial charge is 0.146 e. The van der Waals surface area contributed by atoms with Crippen molar-refractivity contribution in [3.05, 3.63) is 52.1 Å². The second kappa shape index (κ2) is 7.61. The Morgan fingerprint density at radius 2 is 2.14 bits per heavy atom. The lowest BCUT2D eigenvalue weighted by atomic mass is 10.2. The number of rotatable bonds is 7. The average molecular weight is 356 g/mol.